The van der Waals surface area contributed by atoms with Gasteiger partial charge in [-0.25, -0.2) is 0 Å². The molecule has 0 atom stereocenters. The Hall–Kier alpha value is 1.06. The average molecular weight is 140 g/mol. The number of hydrogen-bond acceptors (Lipinski definition) is 2. The molecule has 0 rings (SSSR count). The molecule has 0 spiro atoms. The van der Waals surface area contributed by atoms with Crippen molar-refractivity contribution in [1.82, 2.24) is 0 Å². The van der Waals surface area contributed by atoms with Crippen molar-refractivity contribution in [2.75, 3.05) is 0 Å². The SMILES string of the molecule is O=S(O)(O)=S.[H-].[H-].[Mg+2]. The molecule has 3 nitrogen and oxygen atoms in total. The molecule has 0 saturated carbocycles. The third-order valence-corrected chi connectivity index (χ3v) is 0. The summed E-state index contributed by atoms with van der Waals surface area (Å²) in [6.45, 7) is 0. The van der Waals surface area contributed by atoms with E-state index in [0.717, 1.165) is 0 Å². The molecular formula is H4MgO3S2. The Balaban J connectivity index is -0.0000000267. The van der Waals surface area contributed by atoms with Gasteiger partial charge in [-0.2, -0.15) is 4.21 Å². The maximum absolute atomic E-state index is 9.11. The van der Waals surface area contributed by atoms with Gasteiger partial charge in [0.15, 0.2) is 0 Å². The van der Waals surface area contributed by atoms with Crippen LogP contribution >= 0.6 is 0 Å². The molecule has 2 N–H and O–H groups in total. The van der Waals surface area contributed by atoms with E-state index in [-0.39, 0.29) is 25.9 Å². The molecule has 6 heteroatoms. The van der Waals surface area contributed by atoms with Crippen LogP contribution in [0.2, 0.25) is 0 Å². The Labute approximate surface area is 59.6 Å². The van der Waals surface area contributed by atoms with Crippen molar-refractivity contribution >= 4 is 43.3 Å². The van der Waals surface area contributed by atoms with Gasteiger partial charge in [0.25, 0.3) is 9.05 Å². The van der Waals surface area contributed by atoms with Crippen LogP contribution in [0.25, 0.3) is 0 Å². The summed E-state index contributed by atoms with van der Waals surface area (Å²) in [6, 6.07) is 0. The zero-order chi connectivity index (χ0) is 4.50. The normalized spacial score (nSPS) is 9.67. The minimum absolute atomic E-state index is 0. The van der Waals surface area contributed by atoms with Gasteiger partial charge in [-0.1, -0.05) is 0 Å². The Morgan fingerprint density at radius 1 is 1.67 bits per heavy atom. The van der Waals surface area contributed by atoms with Crippen molar-refractivity contribution in [2.45, 2.75) is 0 Å². The van der Waals surface area contributed by atoms with Gasteiger partial charge in [0.05, 0.1) is 0 Å². The Bertz CT molecular complexity index is 98.5. The van der Waals surface area contributed by atoms with E-state index in [4.69, 9.17) is 13.3 Å². The van der Waals surface area contributed by atoms with Gasteiger partial charge in [0, 0.05) is 11.2 Å². The Morgan fingerprint density at radius 3 is 1.67 bits per heavy atom. The fourth-order valence-corrected chi connectivity index (χ4v) is 0. The van der Waals surface area contributed by atoms with E-state index in [2.05, 4.69) is 11.2 Å². The topological polar surface area (TPSA) is 57.5 Å². The summed E-state index contributed by atoms with van der Waals surface area (Å²) in [7, 11) is -3.83. The summed E-state index contributed by atoms with van der Waals surface area (Å²) in [5.74, 6) is 0. The van der Waals surface area contributed by atoms with Crippen molar-refractivity contribution < 1.29 is 16.2 Å². The first-order valence-electron chi connectivity index (χ1n) is 0.698. The van der Waals surface area contributed by atoms with Crippen LogP contribution in [0.5, 0.6) is 0 Å². The van der Waals surface area contributed by atoms with Gasteiger partial charge in [-0.3, -0.25) is 9.11 Å². The molecule has 0 aliphatic carbocycles. The van der Waals surface area contributed by atoms with Gasteiger partial charge >= 0.3 is 23.1 Å². The van der Waals surface area contributed by atoms with Crippen LogP contribution in [0.1, 0.15) is 2.85 Å². The van der Waals surface area contributed by atoms with E-state index in [1.807, 2.05) is 0 Å². The van der Waals surface area contributed by atoms with Crippen molar-refractivity contribution in [3.05, 3.63) is 0 Å². The van der Waals surface area contributed by atoms with E-state index < -0.39 is 9.05 Å². The molecule has 0 aromatic heterocycles. The first-order valence-corrected chi connectivity index (χ1v) is 3.10. The van der Waals surface area contributed by atoms with E-state index in [9.17, 15) is 0 Å². The molecule has 0 unspecified atom stereocenters. The van der Waals surface area contributed by atoms with Crippen LogP contribution in [0, 0.1) is 0 Å². The molecule has 0 bridgehead atoms. The number of hydrogen-bond donors (Lipinski definition) is 2. The molecule has 0 saturated heterocycles. The summed E-state index contributed by atoms with van der Waals surface area (Å²) in [4.78, 5) is 0. The van der Waals surface area contributed by atoms with Crippen LogP contribution < -0.4 is 0 Å². The maximum Gasteiger partial charge on any atom is 2.00 e. The molecule has 0 fully saturated rings. The smallest absolute Gasteiger partial charge is 1.00 e. The summed E-state index contributed by atoms with van der Waals surface area (Å²) >= 11 is 3.47. The van der Waals surface area contributed by atoms with Crippen molar-refractivity contribution in [3.8, 4) is 0 Å². The van der Waals surface area contributed by atoms with Gasteiger partial charge in [-0.05, 0) is 0 Å². The number of rotatable bonds is 0. The third-order valence-electron chi connectivity index (χ3n) is 0. The minimum Gasteiger partial charge on any atom is -1.00 e. The molecule has 0 radical (unpaired) electrons. The van der Waals surface area contributed by atoms with E-state index in [1.165, 1.54) is 0 Å². The van der Waals surface area contributed by atoms with Crippen LogP contribution in [-0.4, -0.2) is 36.4 Å². The van der Waals surface area contributed by atoms with Gasteiger partial charge < -0.3 is 2.85 Å². The second-order valence-electron chi connectivity index (χ2n) is 0.448. The molecule has 0 heterocycles. The maximum atomic E-state index is 9.11. The molecular weight excluding hydrogens is 136 g/mol. The largest absolute Gasteiger partial charge is 2.00 e. The fraction of sp³-hybridized carbons (Fsp3) is 0. The first-order chi connectivity index (χ1) is 2.00. The second kappa shape index (κ2) is 3.11. The van der Waals surface area contributed by atoms with E-state index >= 15 is 0 Å². The second-order valence-corrected chi connectivity index (χ2v) is 2.65. The van der Waals surface area contributed by atoms with Crippen LogP contribution in [0.3, 0.4) is 0 Å². The molecule has 6 heavy (non-hydrogen) atoms. The van der Waals surface area contributed by atoms with Crippen LogP contribution in [0.15, 0.2) is 0 Å². The third kappa shape index (κ3) is 74.6. The predicted octanol–water partition coefficient (Wildman–Crippen LogP) is -0.477. The standard InChI is InChI=1S/Mg.H2O3S2.2H/c;1-5(2,3)4;;/h;(H2,1,2,3,4);;/q+2;;2*-1. The first kappa shape index (κ1) is 10.1. The van der Waals surface area contributed by atoms with Crippen molar-refractivity contribution in [2.24, 2.45) is 0 Å². The van der Waals surface area contributed by atoms with Crippen LogP contribution in [-0.2, 0) is 20.2 Å². The summed E-state index contributed by atoms with van der Waals surface area (Å²) < 4.78 is 24.0. The van der Waals surface area contributed by atoms with Crippen LogP contribution in [0.4, 0.5) is 0 Å². The predicted molar refractivity (Wildman–Crippen MR) is 28.7 cm³/mol. The molecule has 36 valence electrons. The molecule has 0 aliphatic rings. The summed E-state index contributed by atoms with van der Waals surface area (Å²) in [5.41, 5.74) is 0. The Kier molecular flexibility index (Phi) is 5.25. The van der Waals surface area contributed by atoms with Crippen molar-refractivity contribution in [1.29, 1.82) is 0 Å². The molecule has 0 aromatic carbocycles. The zero-order valence-corrected chi connectivity index (χ0v) is 5.87. The van der Waals surface area contributed by atoms with E-state index in [1.54, 1.807) is 0 Å². The zero-order valence-electron chi connectivity index (χ0n) is 4.83. The quantitative estimate of drug-likeness (QED) is 0.447. The molecule has 0 amide bonds. The van der Waals surface area contributed by atoms with Gasteiger partial charge in [-0.15, -0.1) is 0 Å². The van der Waals surface area contributed by atoms with Gasteiger partial charge in [0.2, 0.25) is 0 Å². The Morgan fingerprint density at radius 2 is 1.67 bits per heavy atom. The fourth-order valence-electron chi connectivity index (χ4n) is 0. The van der Waals surface area contributed by atoms with Gasteiger partial charge in [0.1, 0.15) is 0 Å². The average Bonchev–Trinajstić information content (AvgIpc) is 0.722. The van der Waals surface area contributed by atoms with Crippen molar-refractivity contribution in [3.63, 3.8) is 0 Å². The molecule has 0 aliphatic heterocycles. The molecule has 0 aromatic rings. The minimum atomic E-state index is -3.83. The van der Waals surface area contributed by atoms with E-state index in [0.29, 0.717) is 0 Å². The summed E-state index contributed by atoms with van der Waals surface area (Å²) in [5, 5.41) is 0. The summed E-state index contributed by atoms with van der Waals surface area (Å²) in [6.07, 6.45) is 0. The monoisotopic (exact) mass is 140 g/mol.